The van der Waals surface area contributed by atoms with Crippen LogP contribution in [0.25, 0.3) is 0 Å². The predicted molar refractivity (Wildman–Crippen MR) is 57.0 cm³/mol. The van der Waals surface area contributed by atoms with Crippen LogP contribution in [0.1, 0.15) is 13.3 Å². The Labute approximate surface area is 83.0 Å². The molecule has 0 radical (unpaired) electrons. The van der Waals surface area contributed by atoms with Gasteiger partial charge in [0.05, 0.1) is 8.07 Å². The van der Waals surface area contributed by atoms with E-state index in [2.05, 4.69) is 38.7 Å². The van der Waals surface area contributed by atoms with Gasteiger partial charge in [-0.05, 0) is 13.3 Å². The Morgan fingerprint density at radius 3 is 2.00 bits per heavy atom. The first-order valence-corrected chi connectivity index (χ1v) is 7.38. The molecular formula is C9H17LiSi. The number of hydrogen-bond acceptors (Lipinski definition) is 0. The van der Waals surface area contributed by atoms with Crippen LogP contribution in [0.3, 0.4) is 0 Å². The molecule has 0 saturated carbocycles. The monoisotopic (exact) mass is 160 g/mol. The summed E-state index contributed by atoms with van der Waals surface area (Å²) >= 11 is 0. The fraction of sp³-hybridized carbons (Fsp3) is 0.556. The number of allylic oxidation sites excluding steroid dienone is 4. The summed E-state index contributed by atoms with van der Waals surface area (Å²) in [6.45, 7) is 9.47. The Balaban J connectivity index is 0.000001000. The van der Waals surface area contributed by atoms with Crippen LogP contribution in [0.2, 0.25) is 19.6 Å². The van der Waals surface area contributed by atoms with E-state index in [0.717, 1.165) is 0 Å². The van der Waals surface area contributed by atoms with Crippen molar-refractivity contribution in [2.45, 2.75) is 33.0 Å². The van der Waals surface area contributed by atoms with Crippen LogP contribution in [0, 0.1) is 0 Å². The molecule has 0 aromatic carbocycles. The van der Waals surface area contributed by atoms with Crippen molar-refractivity contribution in [1.29, 1.82) is 0 Å². The van der Waals surface area contributed by atoms with Gasteiger partial charge in [0, 0.05) is 0 Å². The van der Waals surface area contributed by atoms with E-state index in [0.29, 0.717) is 0 Å². The first-order valence-electron chi connectivity index (χ1n) is 3.88. The van der Waals surface area contributed by atoms with Gasteiger partial charge in [-0.2, -0.15) is 0 Å². The molecule has 0 aromatic heterocycles. The minimum absolute atomic E-state index is 0. The molecule has 2 heteroatoms. The predicted octanol–water partition coefficient (Wildman–Crippen LogP) is 2.49. The topological polar surface area (TPSA) is 0 Å². The Morgan fingerprint density at radius 1 is 1.27 bits per heavy atom. The van der Waals surface area contributed by atoms with Crippen molar-refractivity contribution in [2.75, 3.05) is 0 Å². The third kappa shape index (κ3) is 2.67. The van der Waals surface area contributed by atoms with Crippen LogP contribution < -0.4 is 0 Å². The van der Waals surface area contributed by atoms with Gasteiger partial charge in [0.1, 0.15) is 0 Å². The van der Waals surface area contributed by atoms with E-state index >= 15 is 0 Å². The van der Waals surface area contributed by atoms with Crippen LogP contribution in [-0.2, 0) is 0 Å². The van der Waals surface area contributed by atoms with Crippen LogP contribution in [0.4, 0.5) is 0 Å². The van der Waals surface area contributed by atoms with Crippen molar-refractivity contribution in [1.82, 2.24) is 0 Å². The Bertz CT molecular complexity index is 196. The second-order valence-electron chi connectivity index (χ2n) is 4.05. The molecular weight excluding hydrogens is 143 g/mol. The fourth-order valence-corrected chi connectivity index (χ4v) is 3.50. The molecule has 0 atom stereocenters. The van der Waals surface area contributed by atoms with E-state index in [1.165, 1.54) is 6.42 Å². The standard InChI is InChI=1S/C9H16Si.Li.H/c1-8-6-5-7-9(8)10(2,3)4;;/h5,7H,6H2,1-4H3;;. The van der Waals surface area contributed by atoms with Crippen LogP contribution in [-0.4, -0.2) is 26.9 Å². The summed E-state index contributed by atoms with van der Waals surface area (Å²) in [5, 5.41) is 1.66. The van der Waals surface area contributed by atoms with E-state index < -0.39 is 8.07 Å². The van der Waals surface area contributed by atoms with Crippen molar-refractivity contribution in [2.24, 2.45) is 0 Å². The molecule has 1 aliphatic rings. The maximum atomic E-state index is 2.40. The molecule has 0 nitrogen and oxygen atoms in total. The van der Waals surface area contributed by atoms with Crippen molar-refractivity contribution in [3.8, 4) is 0 Å². The van der Waals surface area contributed by atoms with Gasteiger partial charge in [-0.3, -0.25) is 0 Å². The van der Waals surface area contributed by atoms with Crippen molar-refractivity contribution in [3.63, 3.8) is 0 Å². The summed E-state index contributed by atoms with van der Waals surface area (Å²) in [4.78, 5) is 0. The zero-order valence-electron chi connectivity index (χ0n) is 7.36. The normalized spacial score (nSPS) is 17.1. The molecule has 0 N–H and O–H groups in total. The van der Waals surface area contributed by atoms with Crippen molar-refractivity contribution >= 4 is 26.9 Å². The van der Waals surface area contributed by atoms with Gasteiger partial charge >= 0.3 is 18.9 Å². The molecule has 0 amide bonds. The van der Waals surface area contributed by atoms with Crippen molar-refractivity contribution in [3.05, 3.63) is 22.9 Å². The van der Waals surface area contributed by atoms with Gasteiger partial charge in [-0.1, -0.05) is 42.6 Å². The molecule has 1 aliphatic carbocycles. The van der Waals surface area contributed by atoms with E-state index in [1.807, 2.05) is 0 Å². The molecule has 0 saturated heterocycles. The summed E-state index contributed by atoms with van der Waals surface area (Å²) in [7, 11) is -0.994. The zero-order chi connectivity index (χ0) is 7.78. The summed E-state index contributed by atoms with van der Waals surface area (Å²) < 4.78 is 0. The van der Waals surface area contributed by atoms with Gasteiger partial charge in [0.15, 0.2) is 0 Å². The molecule has 1 rings (SSSR count). The van der Waals surface area contributed by atoms with Gasteiger partial charge < -0.3 is 0 Å². The second-order valence-corrected chi connectivity index (χ2v) is 9.09. The summed E-state index contributed by atoms with van der Waals surface area (Å²) in [6.07, 6.45) is 5.80. The van der Waals surface area contributed by atoms with Crippen LogP contribution in [0.15, 0.2) is 22.9 Å². The van der Waals surface area contributed by atoms with E-state index in [9.17, 15) is 0 Å². The Kier molecular flexibility index (Phi) is 3.90. The van der Waals surface area contributed by atoms with E-state index in [4.69, 9.17) is 0 Å². The van der Waals surface area contributed by atoms with Gasteiger partial charge in [-0.15, -0.1) is 0 Å². The average Bonchev–Trinajstić information content (AvgIpc) is 2.11. The number of hydrogen-bond donors (Lipinski definition) is 0. The molecule has 0 bridgehead atoms. The van der Waals surface area contributed by atoms with Gasteiger partial charge in [0.2, 0.25) is 0 Å². The second kappa shape index (κ2) is 3.80. The summed E-state index contributed by atoms with van der Waals surface area (Å²) in [5.74, 6) is 0. The molecule has 0 aliphatic heterocycles. The third-order valence-electron chi connectivity index (χ3n) is 1.98. The molecule has 58 valence electrons. The zero-order valence-corrected chi connectivity index (χ0v) is 8.36. The molecule has 0 aromatic rings. The molecule has 11 heavy (non-hydrogen) atoms. The third-order valence-corrected chi connectivity index (χ3v) is 4.19. The minimum atomic E-state index is -0.994. The Morgan fingerprint density at radius 2 is 1.82 bits per heavy atom. The van der Waals surface area contributed by atoms with E-state index in [1.54, 1.807) is 10.8 Å². The summed E-state index contributed by atoms with van der Waals surface area (Å²) in [5.41, 5.74) is 1.60. The Hall–Kier alpha value is 0.294. The van der Waals surface area contributed by atoms with Gasteiger partial charge in [-0.25, -0.2) is 0 Å². The molecule has 0 heterocycles. The summed E-state index contributed by atoms with van der Waals surface area (Å²) in [6, 6.07) is 0. The maximum absolute atomic E-state index is 2.40. The van der Waals surface area contributed by atoms with Crippen LogP contribution >= 0.6 is 0 Å². The van der Waals surface area contributed by atoms with Crippen LogP contribution in [0.5, 0.6) is 0 Å². The van der Waals surface area contributed by atoms with Gasteiger partial charge in [0.25, 0.3) is 0 Å². The molecule has 0 unspecified atom stereocenters. The molecule has 0 spiro atoms. The molecule has 0 fully saturated rings. The SMILES string of the molecule is CC1=C([Si](C)(C)C)C=CC1.[LiH]. The average molecular weight is 160 g/mol. The first kappa shape index (κ1) is 11.3. The fourth-order valence-electron chi connectivity index (χ4n) is 1.50. The van der Waals surface area contributed by atoms with Crippen molar-refractivity contribution < 1.29 is 0 Å². The van der Waals surface area contributed by atoms with E-state index in [-0.39, 0.29) is 18.9 Å². The quantitative estimate of drug-likeness (QED) is 0.517. The first-order chi connectivity index (χ1) is 4.52. The number of rotatable bonds is 1.